The molecule has 0 heterocycles. The minimum Gasteiger partial charge on any atom is -0.456 e. The highest BCUT2D eigenvalue weighted by molar-refractivity contribution is 9.10. The van der Waals surface area contributed by atoms with E-state index in [4.69, 9.17) is 16.3 Å². The smallest absolute Gasteiger partial charge is 0.146 e. The molecule has 0 saturated heterocycles. The van der Waals surface area contributed by atoms with Crippen molar-refractivity contribution in [3.8, 4) is 11.5 Å². The molecule has 0 radical (unpaired) electrons. The van der Waals surface area contributed by atoms with Gasteiger partial charge in [0.2, 0.25) is 0 Å². The van der Waals surface area contributed by atoms with Crippen molar-refractivity contribution in [2.24, 2.45) is 0 Å². The molecule has 0 atom stereocenters. The quantitative estimate of drug-likeness (QED) is 0.785. The van der Waals surface area contributed by atoms with Gasteiger partial charge in [-0.05, 0) is 48.9 Å². The zero-order chi connectivity index (χ0) is 14.5. The zero-order valence-electron chi connectivity index (χ0n) is 11.5. The Morgan fingerprint density at radius 2 is 2.00 bits per heavy atom. The summed E-state index contributed by atoms with van der Waals surface area (Å²) in [5.74, 6) is 1.44. The number of hydrogen-bond acceptors (Lipinski definition) is 2. The van der Waals surface area contributed by atoms with E-state index in [-0.39, 0.29) is 0 Å². The topological polar surface area (TPSA) is 21.3 Å². The summed E-state index contributed by atoms with van der Waals surface area (Å²) in [6, 6.07) is 11.7. The van der Waals surface area contributed by atoms with E-state index in [1.54, 1.807) is 0 Å². The fourth-order valence-corrected chi connectivity index (χ4v) is 2.58. The lowest BCUT2D eigenvalue weighted by molar-refractivity contribution is 0.482. The van der Waals surface area contributed by atoms with Crippen molar-refractivity contribution < 1.29 is 4.74 Å². The largest absolute Gasteiger partial charge is 0.456 e. The lowest BCUT2D eigenvalue weighted by Crippen LogP contribution is -2.11. The second kappa shape index (κ2) is 7.11. The average Bonchev–Trinajstić information content (AvgIpc) is 2.41. The second-order valence-electron chi connectivity index (χ2n) is 4.57. The normalized spacial score (nSPS) is 10.6. The van der Waals surface area contributed by atoms with Crippen LogP contribution in [0.2, 0.25) is 5.02 Å². The Balaban J connectivity index is 2.15. The first-order chi connectivity index (χ1) is 9.60. The molecule has 0 aliphatic rings. The van der Waals surface area contributed by atoms with Crippen LogP contribution in [0.1, 0.15) is 18.1 Å². The van der Waals surface area contributed by atoms with Gasteiger partial charge in [0, 0.05) is 11.0 Å². The molecule has 0 bridgehead atoms. The Labute approximate surface area is 133 Å². The van der Waals surface area contributed by atoms with Gasteiger partial charge in [-0.25, -0.2) is 0 Å². The van der Waals surface area contributed by atoms with Crippen LogP contribution >= 0.6 is 27.5 Å². The molecule has 4 heteroatoms. The van der Waals surface area contributed by atoms with Gasteiger partial charge in [-0.3, -0.25) is 0 Å². The highest BCUT2D eigenvalue weighted by atomic mass is 79.9. The van der Waals surface area contributed by atoms with Gasteiger partial charge in [0.25, 0.3) is 0 Å². The Kier molecular flexibility index (Phi) is 5.46. The summed E-state index contributed by atoms with van der Waals surface area (Å²) in [6.07, 6.45) is 0. The maximum absolute atomic E-state index is 6.17. The van der Waals surface area contributed by atoms with Crippen LogP contribution < -0.4 is 10.1 Å². The maximum Gasteiger partial charge on any atom is 0.146 e. The zero-order valence-corrected chi connectivity index (χ0v) is 13.9. The lowest BCUT2D eigenvalue weighted by Gasteiger charge is -2.11. The van der Waals surface area contributed by atoms with Crippen molar-refractivity contribution in [1.82, 2.24) is 5.32 Å². The molecule has 1 N–H and O–H groups in total. The number of nitrogens with one attached hydrogen (secondary N) is 1. The van der Waals surface area contributed by atoms with Crippen LogP contribution in [0.25, 0.3) is 0 Å². The first kappa shape index (κ1) is 15.4. The van der Waals surface area contributed by atoms with Crippen molar-refractivity contribution in [1.29, 1.82) is 0 Å². The first-order valence-electron chi connectivity index (χ1n) is 6.53. The van der Waals surface area contributed by atoms with Gasteiger partial charge >= 0.3 is 0 Å². The molecular formula is C16H17BrClNO. The van der Waals surface area contributed by atoms with Crippen molar-refractivity contribution in [3.05, 3.63) is 57.0 Å². The van der Waals surface area contributed by atoms with Gasteiger partial charge < -0.3 is 10.1 Å². The van der Waals surface area contributed by atoms with Gasteiger partial charge in [0.05, 0.1) is 5.02 Å². The van der Waals surface area contributed by atoms with E-state index in [9.17, 15) is 0 Å². The van der Waals surface area contributed by atoms with Crippen molar-refractivity contribution in [2.45, 2.75) is 20.4 Å². The Morgan fingerprint density at radius 3 is 2.65 bits per heavy atom. The molecule has 0 spiro atoms. The molecule has 0 aliphatic heterocycles. The molecular weight excluding hydrogens is 338 g/mol. The van der Waals surface area contributed by atoms with E-state index in [2.05, 4.69) is 28.2 Å². The summed E-state index contributed by atoms with van der Waals surface area (Å²) >= 11 is 9.74. The van der Waals surface area contributed by atoms with Crippen LogP contribution in [0, 0.1) is 6.92 Å². The van der Waals surface area contributed by atoms with E-state index in [1.165, 1.54) is 5.56 Å². The SMILES string of the molecule is CCNCc1ccc(Oc2ccc(C)cc2Cl)cc1Br. The molecule has 0 fully saturated rings. The van der Waals surface area contributed by atoms with Crippen LogP contribution in [-0.4, -0.2) is 6.54 Å². The van der Waals surface area contributed by atoms with E-state index in [1.807, 2.05) is 43.3 Å². The lowest BCUT2D eigenvalue weighted by atomic mass is 10.2. The fourth-order valence-electron chi connectivity index (χ4n) is 1.81. The van der Waals surface area contributed by atoms with Crippen molar-refractivity contribution >= 4 is 27.5 Å². The summed E-state index contributed by atoms with van der Waals surface area (Å²) in [7, 11) is 0. The molecule has 20 heavy (non-hydrogen) atoms. The van der Waals surface area contributed by atoms with Crippen LogP contribution in [0.3, 0.4) is 0 Å². The standard InChI is InChI=1S/C16H17BrClNO/c1-3-19-10-12-5-6-13(9-14(12)17)20-16-7-4-11(2)8-15(16)18/h4-9,19H,3,10H2,1-2H3. The van der Waals surface area contributed by atoms with Gasteiger partial charge in [0.15, 0.2) is 0 Å². The highest BCUT2D eigenvalue weighted by Crippen LogP contribution is 2.32. The Hall–Kier alpha value is -1.03. The summed E-state index contributed by atoms with van der Waals surface area (Å²) in [6.45, 7) is 5.87. The summed E-state index contributed by atoms with van der Waals surface area (Å²) in [4.78, 5) is 0. The minimum atomic E-state index is 0.623. The van der Waals surface area contributed by atoms with E-state index in [0.29, 0.717) is 10.8 Å². The predicted octanol–water partition coefficient (Wildman–Crippen LogP) is 5.31. The van der Waals surface area contributed by atoms with Crippen LogP contribution in [0.4, 0.5) is 0 Å². The van der Waals surface area contributed by atoms with Gasteiger partial charge in [0.1, 0.15) is 11.5 Å². The fraction of sp³-hybridized carbons (Fsp3) is 0.250. The molecule has 106 valence electrons. The van der Waals surface area contributed by atoms with E-state index >= 15 is 0 Å². The molecule has 0 aromatic heterocycles. The van der Waals surface area contributed by atoms with E-state index in [0.717, 1.165) is 28.9 Å². The number of rotatable bonds is 5. The average molecular weight is 355 g/mol. The summed E-state index contributed by atoms with van der Waals surface area (Å²) in [5, 5.41) is 3.92. The predicted molar refractivity (Wildman–Crippen MR) is 87.8 cm³/mol. The third kappa shape index (κ3) is 3.98. The highest BCUT2D eigenvalue weighted by Gasteiger charge is 2.06. The monoisotopic (exact) mass is 353 g/mol. The van der Waals surface area contributed by atoms with Gasteiger partial charge in [-0.2, -0.15) is 0 Å². The van der Waals surface area contributed by atoms with Gasteiger partial charge in [-0.15, -0.1) is 0 Å². The second-order valence-corrected chi connectivity index (χ2v) is 5.83. The minimum absolute atomic E-state index is 0.623. The third-order valence-electron chi connectivity index (χ3n) is 2.91. The van der Waals surface area contributed by atoms with Gasteiger partial charge in [-0.1, -0.05) is 46.6 Å². The van der Waals surface area contributed by atoms with Crippen LogP contribution in [0.5, 0.6) is 11.5 Å². The van der Waals surface area contributed by atoms with Crippen LogP contribution in [-0.2, 0) is 6.54 Å². The third-order valence-corrected chi connectivity index (χ3v) is 3.94. The summed E-state index contributed by atoms with van der Waals surface area (Å²) < 4.78 is 6.85. The number of aryl methyl sites for hydroxylation is 1. The number of benzene rings is 2. The molecule has 2 aromatic rings. The molecule has 0 saturated carbocycles. The van der Waals surface area contributed by atoms with E-state index < -0.39 is 0 Å². The van der Waals surface area contributed by atoms with Crippen LogP contribution in [0.15, 0.2) is 40.9 Å². The summed E-state index contributed by atoms with van der Waals surface area (Å²) in [5.41, 5.74) is 2.32. The number of halogens is 2. The molecule has 0 aliphatic carbocycles. The molecule has 0 amide bonds. The number of hydrogen-bond donors (Lipinski definition) is 1. The molecule has 2 aromatic carbocycles. The number of ether oxygens (including phenoxy) is 1. The Bertz CT molecular complexity index is 601. The Morgan fingerprint density at radius 1 is 1.20 bits per heavy atom. The molecule has 2 rings (SSSR count). The van der Waals surface area contributed by atoms with Crippen molar-refractivity contribution in [3.63, 3.8) is 0 Å². The molecule has 0 unspecified atom stereocenters. The molecule has 2 nitrogen and oxygen atoms in total. The first-order valence-corrected chi connectivity index (χ1v) is 7.70. The van der Waals surface area contributed by atoms with Crippen molar-refractivity contribution in [2.75, 3.05) is 6.54 Å². The maximum atomic E-state index is 6.17.